The van der Waals surface area contributed by atoms with E-state index in [1.165, 1.54) is 19.3 Å². The summed E-state index contributed by atoms with van der Waals surface area (Å²) in [6.07, 6.45) is 14.4. The highest BCUT2D eigenvalue weighted by molar-refractivity contribution is 7.84. The van der Waals surface area contributed by atoms with Crippen molar-refractivity contribution in [2.75, 3.05) is 11.5 Å². The number of hydroxylamine groups is 1. The normalized spacial score (nSPS) is 28.1. The number of unbranched alkanes of at least 4 members (excludes halogenated alkanes) is 3. The zero-order valence-corrected chi connectivity index (χ0v) is 18.6. The van der Waals surface area contributed by atoms with Crippen LogP contribution in [0, 0.1) is 17.3 Å². The van der Waals surface area contributed by atoms with Gasteiger partial charge in [0.15, 0.2) is 0 Å². The molecule has 0 aromatic heterocycles. The molecule has 162 valence electrons. The van der Waals surface area contributed by atoms with Gasteiger partial charge in [-0.15, -0.1) is 0 Å². The number of nitrogens with one attached hydrogen (secondary N) is 1. The van der Waals surface area contributed by atoms with E-state index in [4.69, 9.17) is 9.94 Å². The van der Waals surface area contributed by atoms with Gasteiger partial charge in [-0.1, -0.05) is 52.2 Å². The minimum absolute atomic E-state index is 0.301. The molecule has 2 heterocycles. The van der Waals surface area contributed by atoms with Crippen molar-refractivity contribution in [2.45, 2.75) is 90.8 Å². The molecule has 0 aliphatic carbocycles. The third kappa shape index (κ3) is 6.67. The second kappa shape index (κ2) is 11.5. The van der Waals surface area contributed by atoms with Gasteiger partial charge < -0.3 is 4.74 Å². The molecule has 2 rings (SSSR count). The molecule has 1 unspecified atom stereocenters. The van der Waals surface area contributed by atoms with Crippen LogP contribution in [0.25, 0.3) is 0 Å². The zero-order chi connectivity index (χ0) is 20.6. The summed E-state index contributed by atoms with van der Waals surface area (Å²) in [5.74, 6) is 2.17. The van der Waals surface area contributed by atoms with Crippen molar-refractivity contribution in [3.8, 4) is 0 Å². The second-order valence-corrected chi connectivity index (χ2v) is 10.7. The average Bonchev–Trinajstić information content (AvgIpc) is 3.26. The first-order valence-electron chi connectivity index (χ1n) is 11.0. The highest BCUT2D eigenvalue weighted by atomic mass is 32.2. The molecule has 2 fully saturated rings. The Morgan fingerprint density at radius 3 is 2.57 bits per heavy atom. The van der Waals surface area contributed by atoms with E-state index in [2.05, 4.69) is 19.1 Å². The van der Waals surface area contributed by atoms with Crippen LogP contribution in [0.15, 0.2) is 12.2 Å². The maximum atomic E-state index is 12.5. The summed E-state index contributed by atoms with van der Waals surface area (Å²) in [5.41, 5.74) is 1.17. The van der Waals surface area contributed by atoms with Crippen molar-refractivity contribution in [2.24, 2.45) is 17.3 Å². The van der Waals surface area contributed by atoms with Crippen LogP contribution in [-0.4, -0.2) is 39.0 Å². The van der Waals surface area contributed by atoms with E-state index < -0.39 is 16.2 Å². The fraction of sp³-hybridized carbons (Fsp3) is 0.864. The maximum absolute atomic E-state index is 12.5. The van der Waals surface area contributed by atoms with Crippen LogP contribution < -0.4 is 5.48 Å². The lowest BCUT2D eigenvalue weighted by Crippen LogP contribution is -2.34. The quantitative estimate of drug-likeness (QED) is 0.203. The lowest BCUT2D eigenvalue weighted by atomic mass is 9.78. The van der Waals surface area contributed by atoms with Crippen molar-refractivity contribution in [1.82, 2.24) is 5.48 Å². The standard InChI is InChI=1S/C22H39NO4S/c1-4-5-6-10-15-28(26)16-18-17(19-12-13-20(18)27-19)11-8-7-9-14-22(2,3)21(24)23-25/h7-8,17-20,25H,4-6,9-16H2,1-3H3,(H,23,24)/b8-7-/t17-,18+,19-,20+,28?/m0/s1. The molecule has 1 amide bonds. The van der Waals surface area contributed by atoms with E-state index in [0.717, 1.165) is 43.6 Å². The third-order valence-electron chi connectivity index (χ3n) is 6.42. The van der Waals surface area contributed by atoms with E-state index in [1.54, 1.807) is 5.48 Å². The van der Waals surface area contributed by atoms with Gasteiger partial charge in [0.1, 0.15) is 0 Å². The van der Waals surface area contributed by atoms with Crippen LogP contribution in [0.1, 0.15) is 78.6 Å². The number of amides is 1. The smallest absolute Gasteiger partial charge is 0.248 e. The first kappa shape index (κ1) is 23.6. The Morgan fingerprint density at radius 1 is 1.18 bits per heavy atom. The molecule has 6 heteroatoms. The second-order valence-electron chi connectivity index (χ2n) is 9.06. The van der Waals surface area contributed by atoms with E-state index in [9.17, 15) is 9.00 Å². The molecule has 0 aromatic rings. The summed E-state index contributed by atoms with van der Waals surface area (Å²) in [5, 5.41) is 8.80. The summed E-state index contributed by atoms with van der Waals surface area (Å²) in [4.78, 5) is 11.6. The summed E-state index contributed by atoms with van der Waals surface area (Å²) in [6, 6.07) is 0. The maximum Gasteiger partial charge on any atom is 0.248 e. The Hall–Kier alpha value is -0.720. The van der Waals surface area contributed by atoms with E-state index >= 15 is 0 Å². The van der Waals surface area contributed by atoms with Crippen LogP contribution in [0.5, 0.6) is 0 Å². The SMILES string of the molecule is CCCCCCS(=O)C[C@@H]1[C@H](C/C=C\CCC(C)(C)C(=O)NO)[C@@H]2CC[C@H]1O2. The van der Waals surface area contributed by atoms with Gasteiger partial charge in [0.2, 0.25) is 5.91 Å². The van der Waals surface area contributed by atoms with Crippen molar-refractivity contribution in [3.05, 3.63) is 12.2 Å². The number of fused-ring (bicyclic) bond motifs is 2. The summed E-state index contributed by atoms with van der Waals surface area (Å²) >= 11 is 0. The number of allylic oxidation sites excluding steroid dienone is 2. The largest absolute Gasteiger partial charge is 0.374 e. The van der Waals surface area contributed by atoms with Crippen LogP contribution in [0.4, 0.5) is 0 Å². The Kier molecular flexibility index (Phi) is 9.64. The number of carbonyl (C=O) groups excluding carboxylic acids is 1. The predicted octanol–water partition coefficient (Wildman–Crippen LogP) is 4.37. The molecule has 0 saturated carbocycles. The molecule has 5 nitrogen and oxygen atoms in total. The Labute approximate surface area is 173 Å². The Bertz CT molecular complexity index is 549. The molecule has 2 aliphatic heterocycles. The predicted molar refractivity (Wildman–Crippen MR) is 114 cm³/mol. The van der Waals surface area contributed by atoms with Crippen molar-refractivity contribution in [3.63, 3.8) is 0 Å². The number of ether oxygens (including phenoxy) is 1. The zero-order valence-electron chi connectivity index (χ0n) is 17.8. The van der Waals surface area contributed by atoms with Crippen LogP contribution in [-0.2, 0) is 20.3 Å². The monoisotopic (exact) mass is 413 g/mol. The Morgan fingerprint density at radius 2 is 1.89 bits per heavy atom. The van der Waals surface area contributed by atoms with Crippen LogP contribution in [0.3, 0.4) is 0 Å². The number of rotatable bonds is 13. The fourth-order valence-corrected chi connectivity index (χ4v) is 6.08. The highest BCUT2D eigenvalue weighted by Crippen LogP contribution is 2.45. The molecule has 2 saturated heterocycles. The van der Waals surface area contributed by atoms with Gasteiger partial charge in [-0.05, 0) is 44.4 Å². The third-order valence-corrected chi connectivity index (χ3v) is 7.92. The molecule has 0 aromatic carbocycles. The van der Waals surface area contributed by atoms with Crippen molar-refractivity contribution < 1.29 is 18.9 Å². The molecule has 2 N–H and O–H groups in total. The molecule has 5 atom stereocenters. The molecule has 0 radical (unpaired) electrons. The first-order chi connectivity index (χ1) is 13.4. The van der Waals surface area contributed by atoms with Gasteiger partial charge in [-0.3, -0.25) is 14.2 Å². The molecular weight excluding hydrogens is 374 g/mol. The van der Waals surface area contributed by atoms with Gasteiger partial charge in [0.25, 0.3) is 0 Å². The Balaban J connectivity index is 1.77. The first-order valence-corrected chi connectivity index (χ1v) is 12.5. The van der Waals surface area contributed by atoms with Gasteiger partial charge in [0, 0.05) is 33.6 Å². The van der Waals surface area contributed by atoms with Crippen LogP contribution >= 0.6 is 0 Å². The van der Waals surface area contributed by atoms with E-state index in [1.807, 2.05) is 13.8 Å². The summed E-state index contributed by atoms with van der Waals surface area (Å²) in [6.45, 7) is 5.87. The molecule has 2 bridgehead atoms. The van der Waals surface area contributed by atoms with Crippen molar-refractivity contribution >= 4 is 16.7 Å². The minimum Gasteiger partial charge on any atom is -0.374 e. The summed E-state index contributed by atoms with van der Waals surface area (Å²) in [7, 11) is -0.735. The minimum atomic E-state index is -0.735. The van der Waals surface area contributed by atoms with Crippen molar-refractivity contribution in [1.29, 1.82) is 0 Å². The highest BCUT2D eigenvalue weighted by Gasteiger charge is 2.48. The van der Waals surface area contributed by atoms with E-state index in [0.29, 0.717) is 30.5 Å². The molecule has 28 heavy (non-hydrogen) atoms. The van der Waals surface area contributed by atoms with Gasteiger partial charge in [-0.2, -0.15) is 0 Å². The number of carbonyl (C=O) groups is 1. The average molecular weight is 414 g/mol. The van der Waals surface area contributed by atoms with Gasteiger partial charge in [-0.25, -0.2) is 5.48 Å². The van der Waals surface area contributed by atoms with Gasteiger partial charge >= 0.3 is 0 Å². The molecule has 0 spiro atoms. The topological polar surface area (TPSA) is 75.6 Å². The lowest BCUT2D eigenvalue weighted by Gasteiger charge is -2.27. The summed E-state index contributed by atoms with van der Waals surface area (Å²) < 4.78 is 18.7. The number of hydrogen-bond donors (Lipinski definition) is 2. The van der Waals surface area contributed by atoms with Gasteiger partial charge in [0.05, 0.1) is 12.2 Å². The lowest BCUT2D eigenvalue weighted by molar-refractivity contribution is -0.138. The number of hydrogen-bond acceptors (Lipinski definition) is 4. The molecule has 2 aliphatic rings. The molecular formula is C22H39NO4S. The van der Waals surface area contributed by atoms with E-state index in [-0.39, 0.29) is 5.91 Å². The fourth-order valence-electron chi connectivity index (χ4n) is 4.50. The van der Waals surface area contributed by atoms with Crippen LogP contribution in [0.2, 0.25) is 0 Å².